The van der Waals surface area contributed by atoms with Gasteiger partial charge in [-0.15, -0.1) is 0 Å². The second-order valence-electron chi connectivity index (χ2n) is 3.70. The van der Waals surface area contributed by atoms with Gasteiger partial charge < -0.3 is 15.7 Å². The summed E-state index contributed by atoms with van der Waals surface area (Å²) in [6.45, 7) is 4.23. The molecule has 0 bridgehead atoms. The zero-order valence-electron chi connectivity index (χ0n) is 9.36. The number of hydrogen-bond donors (Lipinski definition) is 2. The second kappa shape index (κ2) is 6.79. The van der Waals surface area contributed by atoms with Crippen LogP contribution >= 0.6 is 0 Å². The summed E-state index contributed by atoms with van der Waals surface area (Å²) in [5.74, 6) is -0.0603. The lowest BCUT2D eigenvalue weighted by Gasteiger charge is -2.27. The van der Waals surface area contributed by atoms with Crippen LogP contribution in [0.25, 0.3) is 0 Å². The van der Waals surface area contributed by atoms with Crippen molar-refractivity contribution in [2.24, 2.45) is 11.7 Å². The second-order valence-corrected chi connectivity index (χ2v) is 3.70. The summed E-state index contributed by atoms with van der Waals surface area (Å²) in [5.41, 5.74) is 5.53. The molecule has 3 N–H and O–H groups in total. The molecule has 2 unspecified atom stereocenters. The highest BCUT2D eigenvalue weighted by Gasteiger charge is 2.22. The van der Waals surface area contributed by atoms with E-state index >= 15 is 0 Å². The van der Waals surface area contributed by atoms with Gasteiger partial charge in [0.05, 0.1) is 18.6 Å². The molecule has 14 heavy (non-hydrogen) atoms. The molecule has 84 valence electrons. The van der Waals surface area contributed by atoms with Crippen molar-refractivity contribution >= 4 is 5.91 Å². The third-order valence-corrected chi connectivity index (χ3v) is 2.54. The third kappa shape index (κ3) is 3.64. The maximum Gasteiger partial charge on any atom is 0.227 e. The van der Waals surface area contributed by atoms with Crippen LogP contribution in [0.1, 0.15) is 26.7 Å². The Kier molecular flexibility index (Phi) is 6.49. The number of rotatable bonds is 6. The minimum absolute atomic E-state index is 0.00828. The fraction of sp³-hybridized carbons (Fsp3) is 0.900. The quantitative estimate of drug-likeness (QED) is 0.646. The average Bonchev–Trinajstić information content (AvgIpc) is 2.22. The van der Waals surface area contributed by atoms with Crippen molar-refractivity contribution in [3.05, 3.63) is 0 Å². The van der Waals surface area contributed by atoms with Gasteiger partial charge in [-0.2, -0.15) is 0 Å². The highest BCUT2D eigenvalue weighted by molar-refractivity contribution is 5.79. The van der Waals surface area contributed by atoms with Crippen LogP contribution in [-0.2, 0) is 4.79 Å². The lowest BCUT2D eigenvalue weighted by molar-refractivity contribution is -0.136. The Morgan fingerprint density at radius 2 is 2.14 bits per heavy atom. The Morgan fingerprint density at radius 1 is 1.57 bits per heavy atom. The fourth-order valence-electron chi connectivity index (χ4n) is 1.32. The van der Waals surface area contributed by atoms with E-state index in [2.05, 4.69) is 0 Å². The predicted molar refractivity (Wildman–Crippen MR) is 56.8 cm³/mol. The standard InChI is InChI=1S/C10H22N2O2/c1-4-5-9(6-11)10(14)12(3)8(2)7-13/h8-9,13H,4-7,11H2,1-3H3. The van der Waals surface area contributed by atoms with E-state index < -0.39 is 0 Å². The van der Waals surface area contributed by atoms with E-state index in [9.17, 15) is 4.79 Å². The molecule has 0 radical (unpaired) electrons. The van der Waals surface area contributed by atoms with E-state index in [4.69, 9.17) is 10.8 Å². The van der Waals surface area contributed by atoms with Gasteiger partial charge in [-0.05, 0) is 13.3 Å². The van der Waals surface area contributed by atoms with Crippen LogP contribution in [0.5, 0.6) is 0 Å². The summed E-state index contributed by atoms with van der Waals surface area (Å²) in [4.78, 5) is 13.4. The molecule has 0 aromatic heterocycles. The maximum absolute atomic E-state index is 11.8. The Bertz CT molecular complexity index is 170. The molecule has 0 saturated heterocycles. The van der Waals surface area contributed by atoms with E-state index in [0.29, 0.717) is 6.54 Å². The summed E-state index contributed by atoms with van der Waals surface area (Å²) in [6, 6.07) is -0.131. The van der Waals surface area contributed by atoms with Gasteiger partial charge >= 0.3 is 0 Å². The molecule has 0 saturated carbocycles. The molecular weight excluding hydrogens is 180 g/mol. The minimum Gasteiger partial charge on any atom is -0.394 e. The molecular formula is C10H22N2O2. The summed E-state index contributed by atoms with van der Waals surface area (Å²) >= 11 is 0. The predicted octanol–water partition coefficient (Wildman–Crippen LogP) is 0.201. The van der Waals surface area contributed by atoms with E-state index in [-0.39, 0.29) is 24.5 Å². The number of amides is 1. The molecule has 0 aliphatic heterocycles. The first-order valence-corrected chi connectivity index (χ1v) is 5.16. The molecule has 4 nitrogen and oxygen atoms in total. The van der Waals surface area contributed by atoms with Crippen LogP contribution in [0.4, 0.5) is 0 Å². The number of aliphatic hydroxyl groups excluding tert-OH is 1. The highest BCUT2D eigenvalue weighted by Crippen LogP contribution is 2.10. The smallest absolute Gasteiger partial charge is 0.227 e. The van der Waals surface area contributed by atoms with Crippen molar-refractivity contribution in [3.8, 4) is 0 Å². The summed E-state index contributed by atoms with van der Waals surface area (Å²) in [6.07, 6.45) is 1.77. The first-order chi connectivity index (χ1) is 6.58. The number of nitrogens with two attached hydrogens (primary N) is 1. The van der Waals surface area contributed by atoms with Crippen LogP contribution in [-0.4, -0.2) is 42.2 Å². The lowest BCUT2D eigenvalue weighted by atomic mass is 10.0. The average molecular weight is 202 g/mol. The fourth-order valence-corrected chi connectivity index (χ4v) is 1.32. The number of carbonyl (C=O) groups is 1. The molecule has 0 rings (SSSR count). The number of carbonyl (C=O) groups excluding carboxylic acids is 1. The van der Waals surface area contributed by atoms with Gasteiger partial charge in [0.25, 0.3) is 0 Å². The van der Waals surface area contributed by atoms with Crippen LogP contribution < -0.4 is 5.73 Å². The van der Waals surface area contributed by atoms with Crippen molar-refractivity contribution in [2.75, 3.05) is 20.2 Å². The normalized spacial score (nSPS) is 14.9. The van der Waals surface area contributed by atoms with Gasteiger partial charge in [-0.25, -0.2) is 0 Å². The summed E-state index contributed by atoms with van der Waals surface area (Å²) < 4.78 is 0. The zero-order valence-corrected chi connectivity index (χ0v) is 9.36. The topological polar surface area (TPSA) is 66.6 Å². The molecule has 0 aliphatic carbocycles. The third-order valence-electron chi connectivity index (χ3n) is 2.54. The molecule has 0 aliphatic rings. The van der Waals surface area contributed by atoms with E-state index in [0.717, 1.165) is 12.8 Å². The molecule has 4 heteroatoms. The Hall–Kier alpha value is -0.610. The van der Waals surface area contributed by atoms with Crippen molar-refractivity contribution in [2.45, 2.75) is 32.7 Å². The van der Waals surface area contributed by atoms with Crippen molar-refractivity contribution in [1.29, 1.82) is 0 Å². The van der Waals surface area contributed by atoms with E-state index in [1.54, 1.807) is 11.9 Å². The Morgan fingerprint density at radius 3 is 2.50 bits per heavy atom. The van der Waals surface area contributed by atoms with Gasteiger partial charge in [0.1, 0.15) is 0 Å². The van der Waals surface area contributed by atoms with Crippen LogP contribution in [0.3, 0.4) is 0 Å². The zero-order chi connectivity index (χ0) is 11.1. The molecule has 0 aromatic carbocycles. The summed E-state index contributed by atoms with van der Waals surface area (Å²) in [5, 5.41) is 8.91. The molecule has 2 atom stereocenters. The van der Waals surface area contributed by atoms with Gasteiger partial charge in [0.2, 0.25) is 5.91 Å². The molecule has 0 fully saturated rings. The minimum atomic E-state index is -0.131. The first kappa shape index (κ1) is 13.4. The maximum atomic E-state index is 11.8. The molecule has 0 aromatic rings. The number of hydrogen-bond acceptors (Lipinski definition) is 3. The number of likely N-dealkylation sites (N-methyl/N-ethyl adjacent to an activating group) is 1. The Balaban J connectivity index is 4.26. The van der Waals surface area contributed by atoms with Crippen molar-refractivity contribution < 1.29 is 9.90 Å². The number of aliphatic hydroxyl groups is 1. The van der Waals surface area contributed by atoms with Crippen molar-refractivity contribution in [1.82, 2.24) is 4.90 Å². The largest absolute Gasteiger partial charge is 0.394 e. The van der Waals surface area contributed by atoms with Gasteiger partial charge in [0, 0.05) is 13.6 Å². The SMILES string of the molecule is CCCC(CN)C(=O)N(C)C(C)CO. The summed E-state index contributed by atoms with van der Waals surface area (Å²) in [7, 11) is 1.71. The lowest BCUT2D eigenvalue weighted by Crippen LogP contribution is -2.43. The van der Waals surface area contributed by atoms with E-state index in [1.807, 2.05) is 13.8 Å². The Labute approximate surface area is 86.1 Å². The van der Waals surface area contributed by atoms with E-state index in [1.165, 1.54) is 0 Å². The first-order valence-electron chi connectivity index (χ1n) is 5.16. The number of nitrogens with zero attached hydrogens (tertiary/aromatic N) is 1. The van der Waals surface area contributed by atoms with Crippen LogP contribution in [0.15, 0.2) is 0 Å². The van der Waals surface area contributed by atoms with Crippen LogP contribution in [0, 0.1) is 5.92 Å². The van der Waals surface area contributed by atoms with Gasteiger partial charge in [-0.1, -0.05) is 13.3 Å². The van der Waals surface area contributed by atoms with Gasteiger partial charge in [0.15, 0.2) is 0 Å². The molecule has 1 amide bonds. The van der Waals surface area contributed by atoms with Crippen molar-refractivity contribution in [3.63, 3.8) is 0 Å². The molecule has 0 heterocycles. The highest BCUT2D eigenvalue weighted by atomic mass is 16.3. The monoisotopic (exact) mass is 202 g/mol. The van der Waals surface area contributed by atoms with Gasteiger partial charge in [-0.3, -0.25) is 4.79 Å². The molecule has 0 spiro atoms. The van der Waals surface area contributed by atoms with Crippen LogP contribution in [0.2, 0.25) is 0 Å².